The fraction of sp³-hybridized carbons (Fsp3) is 0.167. The zero-order valence-corrected chi connectivity index (χ0v) is 10.8. The summed E-state index contributed by atoms with van der Waals surface area (Å²) in [6, 6.07) is 7.35. The standard InChI is InChI=1S/C12H11BrN2O2/c1-8-2-3-11(13)10(6-8)12(16)14-7-9-4-5-15-17-9/h2-6H,7H2,1H3,(H,14,16). The number of aryl methyl sites for hydroxylation is 1. The molecule has 0 spiro atoms. The van der Waals surface area contributed by atoms with E-state index in [2.05, 4.69) is 26.4 Å². The van der Waals surface area contributed by atoms with E-state index in [0.29, 0.717) is 17.9 Å². The van der Waals surface area contributed by atoms with Crippen molar-refractivity contribution in [2.75, 3.05) is 0 Å². The Balaban J connectivity index is 2.07. The summed E-state index contributed by atoms with van der Waals surface area (Å²) in [6.45, 7) is 2.28. The monoisotopic (exact) mass is 294 g/mol. The molecule has 2 aromatic rings. The number of nitrogens with one attached hydrogen (secondary N) is 1. The molecule has 0 aliphatic heterocycles. The molecule has 0 aliphatic carbocycles. The van der Waals surface area contributed by atoms with Gasteiger partial charge in [0.05, 0.1) is 18.3 Å². The van der Waals surface area contributed by atoms with Crippen LogP contribution in [0.15, 0.2) is 39.5 Å². The number of hydrogen-bond donors (Lipinski definition) is 1. The van der Waals surface area contributed by atoms with E-state index in [1.165, 1.54) is 0 Å². The van der Waals surface area contributed by atoms with Crippen LogP contribution >= 0.6 is 15.9 Å². The van der Waals surface area contributed by atoms with Gasteiger partial charge in [-0.05, 0) is 35.0 Å². The van der Waals surface area contributed by atoms with Gasteiger partial charge >= 0.3 is 0 Å². The summed E-state index contributed by atoms with van der Waals surface area (Å²) in [5, 5.41) is 6.34. The van der Waals surface area contributed by atoms with Crippen molar-refractivity contribution in [3.63, 3.8) is 0 Å². The van der Waals surface area contributed by atoms with Crippen molar-refractivity contribution in [2.24, 2.45) is 0 Å². The van der Waals surface area contributed by atoms with Gasteiger partial charge in [-0.15, -0.1) is 0 Å². The van der Waals surface area contributed by atoms with Crippen LogP contribution in [0.25, 0.3) is 0 Å². The minimum Gasteiger partial charge on any atom is -0.360 e. The number of hydrogen-bond acceptors (Lipinski definition) is 3. The van der Waals surface area contributed by atoms with Crippen LogP contribution in [0.3, 0.4) is 0 Å². The summed E-state index contributed by atoms with van der Waals surface area (Å²) in [7, 11) is 0. The molecule has 0 fully saturated rings. The lowest BCUT2D eigenvalue weighted by molar-refractivity contribution is 0.0946. The van der Waals surface area contributed by atoms with Gasteiger partial charge in [0.15, 0.2) is 5.76 Å². The zero-order chi connectivity index (χ0) is 12.3. The maximum Gasteiger partial charge on any atom is 0.252 e. The summed E-state index contributed by atoms with van der Waals surface area (Å²) < 4.78 is 5.67. The first-order valence-electron chi connectivity index (χ1n) is 5.11. The van der Waals surface area contributed by atoms with E-state index in [-0.39, 0.29) is 5.91 Å². The van der Waals surface area contributed by atoms with Crippen molar-refractivity contribution >= 4 is 21.8 Å². The number of amides is 1. The van der Waals surface area contributed by atoms with Gasteiger partial charge in [-0.2, -0.15) is 0 Å². The first kappa shape index (κ1) is 11.9. The van der Waals surface area contributed by atoms with Crippen molar-refractivity contribution in [3.05, 3.63) is 51.8 Å². The number of rotatable bonds is 3. The van der Waals surface area contributed by atoms with Crippen LogP contribution in [-0.2, 0) is 6.54 Å². The molecule has 0 radical (unpaired) electrons. The van der Waals surface area contributed by atoms with Crippen molar-refractivity contribution in [1.29, 1.82) is 0 Å². The van der Waals surface area contributed by atoms with Crippen molar-refractivity contribution in [3.8, 4) is 0 Å². The second kappa shape index (κ2) is 5.14. The third-order valence-electron chi connectivity index (χ3n) is 2.28. The van der Waals surface area contributed by atoms with Crippen LogP contribution in [0.5, 0.6) is 0 Å². The molecule has 0 saturated carbocycles. The van der Waals surface area contributed by atoms with Gasteiger partial charge < -0.3 is 9.84 Å². The van der Waals surface area contributed by atoms with Crippen LogP contribution in [0.2, 0.25) is 0 Å². The largest absolute Gasteiger partial charge is 0.360 e. The highest BCUT2D eigenvalue weighted by Crippen LogP contribution is 2.18. The smallest absolute Gasteiger partial charge is 0.252 e. The average molecular weight is 295 g/mol. The maximum absolute atomic E-state index is 11.9. The number of aromatic nitrogens is 1. The van der Waals surface area contributed by atoms with Gasteiger partial charge in [0, 0.05) is 10.5 Å². The summed E-state index contributed by atoms with van der Waals surface area (Å²) in [5.41, 5.74) is 1.66. The molecule has 0 bridgehead atoms. The highest BCUT2D eigenvalue weighted by molar-refractivity contribution is 9.10. The molecule has 5 heteroatoms. The fourth-order valence-corrected chi connectivity index (χ4v) is 1.84. The molecule has 1 N–H and O–H groups in total. The summed E-state index contributed by atoms with van der Waals surface area (Å²) in [5.74, 6) is 0.485. The average Bonchev–Trinajstić information content (AvgIpc) is 2.82. The van der Waals surface area contributed by atoms with Crippen LogP contribution in [0, 0.1) is 6.92 Å². The molecule has 2 rings (SSSR count). The summed E-state index contributed by atoms with van der Waals surface area (Å²) in [4.78, 5) is 11.9. The Labute approximate surface area is 107 Å². The third-order valence-corrected chi connectivity index (χ3v) is 2.97. The van der Waals surface area contributed by atoms with E-state index in [9.17, 15) is 4.79 Å². The lowest BCUT2D eigenvalue weighted by atomic mass is 10.1. The SMILES string of the molecule is Cc1ccc(Br)c(C(=O)NCc2ccno2)c1. The minimum absolute atomic E-state index is 0.142. The van der Waals surface area contributed by atoms with Crippen LogP contribution < -0.4 is 5.32 Å². The second-order valence-electron chi connectivity index (χ2n) is 3.64. The molecule has 0 aliphatic rings. The fourth-order valence-electron chi connectivity index (χ4n) is 1.41. The molecule has 4 nitrogen and oxygen atoms in total. The Morgan fingerprint density at radius 1 is 1.47 bits per heavy atom. The molecule has 1 aromatic carbocycles. The Morgan fingerprint density at radius 3 is 3.00 bits per heavy atom. The Hall–Kier alpha value is -1.62. The molecule has 0 atom stereocenters. The number of carbonyl (C=O) groups excluding carboxylic acids is 1. The number of carbonyl (C=O) groups is 1. The van der Waals surface area contributed by atoms with E-state index in [4.69, 9.17) is 4.52 Å². The molecule has 1 heterocycles. The number of benzene rings is 1. The molecule has 17 heavy (non-hydrogen) atoms. The van der Waals surface area contributed by atoms with E-state index in [0.717, 1.165) is 10.0 Å². The van der Waals surface area contributed by atoms with Crippen LogP contribution in [0.4, 0.5) is 0 Å². The van der Waals surface area contributed by atoms with Crippen LogP contribution in [0.1, 0.15) is 21.7 Å². The third kappa shape index (κ3) is 2.94. The predicted octanol–water partition coefficient (Wildman–Crippen LogP) is 2.68. The van der Waals surface area contributed by atoms with Gasteiger partial charge in [-0.3, -0.25) is 4.79 Å². The predicted molar refractivity (Wildman–Crippen MR) is 66.6 cm³/mol. The first-order valence-corrected chi connectivity index (χ1v) is 5.90. The van der Waals surface area contributed by atoms with Crippen molar-refractivity contribution < 1.29 is 9.32 Å². The van der Waals surface area contributed by atoms with Gasteiger partial charge in [-0.25, -0.2) is 0 Å². The van der Waals surface area contributed by atoms with E-state index in [1.54, 1.807) is 12.3 Å². The van der Waals surface area contributed by atoms with Gasteiger partial charge in [-0.1, -0.05) is 16.8 Å². The normalized spacial score (nSPS) is 10.2. The zero-order valence-electron chi connectivity index (χ0n) is 9.24. The maximum atomic E-state index is 11.9. The number of nitrogens with zero attached hydrogens (tertiary/aromatic N) is 1. The Bertz CT molecular complexity index is 523. The Morgan fingerprint density at radius 2 is 2.29 bits per heavy atom. The van der Waals surface area contributed by atoms with Crippen molar-refractivity contribution in [1.82, 2.24) is 10.5 Å². The second-order valence-corrected chi connectivity index (χ2v) is 4.50. The van der Waals surface area contributed by atoms with Gasteiger partial charge in [0.2, 0.25) is 0 Å². The van der Waals surface area contributed by atoms with Gasteiger partial charge in [0.1, 0.15) is 0 Å². The van der Waals surface area contributed by atoms with Gasteiger partial charge in [0.25, 0.3) is 5.91 Å². The molecule has 88 valence electrons. The van der Waals surface area contributed by atoms with Crippen molar-refractivity contribution in [2.45, 2.75) is 13.5 Å². The van der Waals surface area contributed by atoms with E-state index in [1.807, 2.05) is 25.1 Å². The molecule has 1 aromatic heterocycles. The molecular formula is C12H11BrN2O2. The highest BCUT2D eigenvalue weighted by atomic mass is 79.9. The molecule has 1 amide bonds. The number of halogens is 1. The molecule has 0 unspecified atom stereocenters. The van der Waals surface area contributed by atoms with E-state index < -0.39 is 0 Å². The molecule has 0 saturated heterocycles. The Kier molecular flexibility index (Phi) is 3.58. The lowest BCUT2D eigenvalue weighted by Crippen LogP contribution is -2.23. The summed E-state index contributed by atoms with van der Waals surface area (Å²) >= 11 is 3.35. The lowest BCUT2D eigenvalue weighted by Gasteiger charge is -2.06. The molecular weight excluding hydrogens is 284 g/mol. The topological polar surface area (TPSA) is 55.1 Å². The highest BCUT2D eigenvalue weighted by Gasteiger charge is 2.10. The first-order chi connectivity index (χ1) is 8.16. The van der Waals surface area contributed by atoms with E-state index >= 15 is 0 Å². The van der Waals surface area contributed by atoms with Crippen LogP contribution in [-0.4, -0.2) is 11.1 Å². The minimum atomic E-state index is -0.142. The summed E-state index contributed by atoms with van der Waals surface area (Å²) in [6.07, 6.45) is 1.55. The quantitative estimate of drug-likeness (QED) is 0.947.